The number of nitrogens with zero attached hydrogens (tertiary/aromatic N) is 7. The quantitative estimate of drug-likeness (QED) is 0.0946. The number of anilines is 2. The van der Waals surface area contributed by atoms with Crippen molar-refractivity contribution in [3.63, 3.8) is 0 Å². The van der Waals surface area contributed by atoms with Gasteiger partial charge in [-0.3, -0.25) is 19.6 Å². The van der Waals surface area contributed by atoms with E-state index in [4.69, 9.17) is 14.7 Å². The lowest BCUT2D eigenvalue weighted by Gasteiger charge is -2.35. The summed E-state index contributed by atoms with van der Waals surface area (Å²) < 4.78 is 59.6. The maximum absolute atomic E-state index is 14.2. The minimum atomic E-state index is -4.63. The molecule has 0 bridgehead atoms. The van der Waals surface area contributed by atoms with E-state index < -0.39 is 29.4 Å². The zero-order valence-corrected chi connectivity index (χ0v) is 30.0. The molecule has 16 heteroatoms. The third kappa shape index (κ3) is 8.48. The van der Waals surface area contributed by atoms with Gasteiger partial charge in [-0.05, 0) is 81.1 Å². The van der Waals surface area contributed by atoms with Crippen LogP contribution in [0, 0.1) is 12.7 Å². The number of amides is 2. The van der Waals surface area contributed by atoms with Crippen LogP contribution in [-0.4, -0.2) is 68.2 Å². The number of carbonyl (C=O) groups excluding carboxylic acids is 2. The van der Waals surface area contributed by atoms with Gasteiger partial charge in [0.2, 0.25) is 11.8 Å². The van der Waals surface area contributed by atoms with Crippen molar-refractivity contribution >= 4 is 23.5 Å². The Morgan fingerprint density at radius 2 is 1.85 bits per heavy atom. The van der Waals surface area contributed by atoms with E-state index in [1.807, 2.05) is 37.8 Å². The van der Waals surface area contributed by atoms with Crippen LogP contribution >= 0.6 is 0 Å². The first-order valence-corrected chi connectivity index (χ1v) is 17.6. The highest BCUT2D eigenvalue weighted by Gasteiger charge is 2.32. The van der Waals surface area contributed by atoms with Gasteiger partial charge in [-0.2, -0.15) is 18.3 Å². The number of benzene rings is 2. The highest BCUT2D eigenvalue weighted by Crippen LogP contribution is 2.34. The summed E-state index contributed by atoms with van der Waals surface area (Å²) in [6.07, 6.45) is 0.248. The second-order valence-electron chi connectivity index (χ2n) is 12.7. The van der Waals surface area contributed by atoms with E-state index in [1.54, 1.807) is 35.4 Å². The standard InChI is InChI=1S/C38H39F4N9O3/c1-4-28(37(53)44-19-25-17-26(38(40,41)42)11-13-30(25)39)24-9-8-10-27(18-24)54-16-7-6-15-50-21-33(52)51(5-2)36-35(50)43-20-32(48-36)29-12-14-31(47-23(29)3)34-45-22-46-49-34/h8-14,17-18,20,22,28H,4-7,15-16,19,21H2,1-3H3,(H,44,53)(H,45,46,49). The highest BCUT2D eigenvalue weighted by molar-refractivity contribution is 6.01. The van der Waals surface area contributed by atoms with Crippen molar-refractivity contribution in [2.45, 2.75) is 58.7 Å². The maximum atomic E-state index is 14.2. The number of halogens is 4. The summed E-state index contributed by atoms with van der Waals surface area (Å²) >= 11 is 0. The lowest BCUT2D eigenvalue weighted by molar-refractivity contribution is -0.137. The molecule has 1 aliphatic rings. The molecule has 5 aromatic rings. The number of unbranched alkanes of at least 4 members (excludes halogenated alkanes) is 1. The Bertz CT molecular complexity index is 2110. The Morgan fingerprint density at radius 1 is 1.02 bits per heavy atom. The van der Waals surface area contributed by atoms with Gasteiger partial charge in [0.05, 0.1) is 36.5 Å². The molecule has 0 fully saturated rings. The van der Waals surface area contributed by atoms with Crippen LogP contribution in [0.25, 0.3) is 22.8 Å². The number of aromatic nitrogens is 6. The van der Waals surface area contributed by atoms with Crippen LogP contribution in [0.3, 0.4) is 0 Å². The Balaban J connectivity index is 1.04. The van der Waals surface area contributed by atoms with E-state index in [-0.39, 0.29) is 24.6 Å². The van der Waals surface area contributed by atoms with E-state index in [2.05, 4.69) is 25.5 Å². The summed E-state index contributed by atoms with van der Waals surface area (Å²) in [5, 5.41) is 9.27. The van der Waals surface area contributed by atoms with Crippen LogP contribution < -0.4 is 19.9 Å². The molecule has 4 heterocycles. The Labute approximate surface area is 309 Å². The summed E-state index contributed by atoms with van der Waals surface area (Å²) in [5.41, 5.74) is 2.18. The average Bonchev–Trinajstić information content (AvgIpc) is 3.70. The smallest absolute Gasteiger partial charge is 0.416 e. The number of rotatable bonds is 14. The number of likely N-dealkylation sites (N-methyl/N-ethyl adjacent to an activating group) is 1. The van der Waals surface area contributed by atoms with Gasteiger partial charge in [0.1, 0.15) is 23.6 Å². The van der Waals surface area contributed by atoms with Gasteiger partial charge in [0.15, 0.2) is 17.5 Å². The molecular weight excluding hydrogens is 706 g/mol. The number of carbonyl (C=O) groups is 2. The number of pyridine rings is 1. The van der Waals surface area contributed by atoms with E-state index in [9.17, 15) is 27.2 Å². The zero-order chi connectivity index (χ0) is 38.4. The van der Waals surface area contributed by atoms with Crippen LogP contribution in [0.15, 0.2) is 67.1 Å². The van der Waals surface area contributed by atoms with E-state index in [1.165, 1.54) is 6.33 Å². The minimum absolute atomic E-state index is 0.0745. The zero-order valence-electron chi connectivity index (χ0n) is 30.0. The number of hydrogen-bond donors (Lipinski definition) is 2. The average molecular weight is 746 g/mol. The van der Waals surface area contributed by atoms with Gasteiger partial charge in [-0.15, -0.1) is 0 Å². The molecule has 2 N–H and O–H groups in total. The molecule has 0 spiro atoms. The Kier molecular flexibility index (Phi) is 11.5. The van der Waals surface area contributed by atoms with Crippen molar-refractivity contribution in [1.29, 1.82) is 0 Å². The predicted molar refractivity (Wildman–Crippen MR) is 193 cm³/mol. The normalized spacial score (nSPS) is 13.5. The van der Waals surface area contributed by atoms with Crippen molar-refractivity contribution in [3.05, 3.63) is 95.3 Å². The number of fused-ring (bicyclic) bond motifs is 1. The molecule has 12 nitrogen and oxygen atoms in total. The molecule has 1 atom stereocenters. The van der Waals surface area contributed by atoms with Crippen LogP contribution in [0.5, 0.6) is 5.75 Å². The summed E-state index contributed by atoms with van der Waals surface area (Å²) in [5.74, 6) is 0.259. The van der Waals surface area contributed by atoms with Gasteiger partial charge in [-0.25, -0.2) is 24.3 Å². The van der Waals surface area contributed by atoms with Gasteiger partial charge in [-0.1, -0.05) is 19.1 Å². The number of nitrogens with one attached hydrogen (secondary N) is 2. The van der Waals surface area contributed by atoms with Crippen molar-refractivity contribution in [1.82, 2.24) is 35.5 Å². The molecule has 0 saturated heterocycles. The second kappa shape index (κ2) is 16.4. The third-order valence-corrected chi connectivity index (χ3v) is 9.16. The number of aryl methyl sites for hydroxylation is 1. The molecule has 2 amide bonds. The largest absolute Gasteiger partial charge is 0.494 e. The van der Waals surface area contributed by atoms with E-state index in [0.29, 0.717) is 91.3 Å². The van der Waals surface area contributed by atoms with E-state index >= 15 is 0 Å². The fourth-order valence-corrected chi connectivity index (χ4v) is 6.33. The lowest BCUT2D eigenvalue weighted by atomic mass is 9.95. The number of hydrogen-bond acceptors (Lipinski definition) is 9. The van der Waals surface area contributed by atoms with Gasteiger partial charge in [0, 0.05) is 36.5 Å². The topological polar surface area (TPSA) is 142 Å². The van der Waals surface area contributed by atoms with E-state index in [0.717, 1.165) is 17.3 Å². The number of H-pyrrole nitrogens is 1. The molecule has 54 heavy (non-hydrogen) atoms. The fraction of sp³-hybridized carbons (Fsp3) is 0.342. The molecule has 3 aromatic heterocycles. The van der Waals surface area contributed by atoms with Crippen molar-refractivity contribution < 1.29 is 31.9 Å². The van der Waals surface area contributed by atoms with Crippen LogP contribution in [0.1, 0.15) is 61.4 Å². The van der Waals surface area contributed by atoms with Gasteiger partial charge in [0.25, 0.3) is 0 Å². The molecule has 0 radical (unpaired) electrons. The highest BCUT2D eigenvalue weighted by atomic mass is 19.4. The first-order valence-electron chi connectivity index (χ1n) is 17.6. The Morgan fingerprint density at radius 3 is 2.57 bits per heavy atom. The molecule has 0 saturated carbocycles. The predicted octanol–water partition coefficient (Wildman–Crippen LogP) is 6.63. The summed E-state index contributed by atoms with van der Waals surface area (Å²) in [6, 6.07) is 12.9. The first-order chi connectivity index (χ1) is 26.0. The van der Waals surface area contributed by atoms with Crippen LogP contribution in [0.4, 0.5) is 29.2 Å². The number of alkyl halides is 3. The molecular formula is C38H39F4N9O3. The summed E-state index contributed by atoms with van der Waals surface area (Å²) in [6.45, 7) is 6.74. The van der Waals surface area contributed by atoms with Crippen molar-refractivity contribution in [2.24, 2.45) is 0 Å². The molecule has 282 valence electrons. The van der Waals surface area contributed by atoms with Crippen molar-refractivity contribution in [3.8, 4) is 28.5 Å². The van der Waals surface area contributed by atoms with Crippen LogP contribution in [-0.2, 0) is 22.3 Å². The second-order valence-corrected chi connectivity index (χ2v) is 12.7. The maximum Gasteiger partial charge on any atom is 0.416 e. The first kappa shape index (κ1) is 37.8. The SMILES string of the molecule is CCC(C(=O)NCc1cc(C(F)(F)F)ccc1F)c1cccc(OCCCCN2CC(=O)N(CC)c3nc(-c4ccc(-c5ncn[nH]5)nc4C)cnc32)c1. The lowest BCUT2D eigenvalue weighted by Crippen LogP contribution is -2.47. The van der Waals surface area contributed by atoms with Crippen LogP contribution in [0.2, 0.25) is 0 Å². The summed E-state index contributed by atoms with van der Waals surface area (Å²) in [4.78, 5) is 48.2. The number of aromatic amines is 1. The Hall–Kier alpha value is -5.93. The molecule has 0 aliphatic carbocycles. The van der Waals surface area contributed by atoms with Gasteiger partial charge >= 0.3 is 6.18 Å². The number of ether oxygens (including phenoxy) is 1. The molecule has 6 rings (SSSR count). The monoisotopic (exact) mass is 745 g/mol. The van der Waals surface area contributed by atoms with Gasteiger partial charge < -0.3 is 15.0 Å². The summed E-state index contributed by atoms with van der Waals surface area (Å²) in [7, 11) is 0. The van der Waals surface area contributed by atoms with Crippen molar-refractivity contribution in [2.75, 3.05) is 36.0 Å². The molecule has 1 unspecified atom stereocenters. The molecule has 2 aromatic carbocycles. The third-order valence-electron chi connectivity index (χ3n) is 9.16. The minimum Gasteiger partial charge on any atom is -0.494 e. The molecule has 1 aliphatic heterocycles. The fourth-order valence-electron chi connectivity index (χ4n) is 6.33.